The Bertz CT molecular complexity index is 685. The van der Waals surface area contributed by atoms with Gasteiger partial charge in [-0.15, -0.1) is 0 Å². The van der Waals surface area contributed by atoms with Gasteiger partial charge in [0.25, 0.3) is 5.91 Å². The van der Waals surface area contributed by atoms with Crippen LogP contribution in [0.4, 0.5) is 0 Å². The predicted octanol–water partition coefficient (Wildman–Crippen LogP) is 1.51. The summed E-state index contributed by atoms with van der Waals surface area (Å²) in [4.78, 5) is 16.7. The van der Waals surface area contributed by atoms with Crippen LogP contribution in [0.2, 0.25) is 0 Å². The first kappa shape index (κ1) is 15.6. The quantitative estimate of drug-likeness (QED) is 0.904. The summed E-state index contributed by atoms with van der Waals surface area (Å²) < 4.78 is 7.94. The third-order valence-electron chi connectivity index (χ3n) is 4.12. The van der Waals surface area contributed by atoms with Crippen LogP contribution in [0.15, 0.2) is 24.7 Å². The molecule has 2 aromatic rings. The summed E-state index contributed by atoms with van der Waals surface area (Å²) in [6.45, 7) is 6.00. The number of carbonyl (C=O) groups excluding carboxylic acids is 1. The third-order valence-corrected chi connectivity index (χ3v) is 4.12. The molecular weight excluding hydrogens is 294 g/mol. The largest absolute Gasteiger partial charge is 0.370 e. The van der Waals surface area contributed by atoms with Gasteiger partial charge in [0.15, 0.2) is 0 Å². The number of aromatic nitrogens is 4. The summed E-state index contributed by atoms with van der Waals surface area (Å²) in [5.41, 5.74) is 1.26. The van der Waals surface area contributed by atoms with E-state index in [2.05, 4.69) is 32.0 Å². The van der Waals surface area contributed by atoms with E-state index in [-0.39, 0.29) is 17.9 Å². The van der Waals surface area contributed by atoms with Gasteiger partial charge in [-0.3, -0.25) is 4.79 Å². The number of carbonyl (C=O) groups is 1. The van der Waals surface area contributed by atoms with Crippen molar-refractivity contribution in [1.29, 1.82) is 0 Å². The summed E-state index contributed by atoms with van der Waals surface area (Å²) in [7, 11) is 0. The molecule has 3 heterocycles. The van der Waals surface area contributed by atoms with E-state index in [9.17, 15) is 4.79 Å². The lowest BCUT2D eigenvalue weighted by molar-refractivity contribution is 0.0774. The third kappa shape index (κ3) is 3.39. The Morgan fingerprint density at radius 1 is 1.52 bits per heavy atom. The highest BCUT2D eigenvalue weighted by Gasteiger charge is 2.32. The van der Waals surface area contributed by atoms with Crippen molar-refractivity contribution in [3.05, 3.63) is 41.7 Å². The SMILES string of the molecule is CCn1ccnc1[C@@H]1OCC[C@H]1CNC(=O)c1cnnc(C)c1. The zero-order chi connectivity index (χ0) is 16.2. The van der Waals surface area contributed by atoms with Crippen LogP contribution in [-0.2, 0) is 11.3 Å². The average molecular weight is 315 g/mol. The highest BCUT2D eigenvalue weighted by Crippen LogP contribution is 2.33. The summed E-state index contributed by atoms with van der Waals surface area (Å²) in [6.07, 6.45) is 6.08. The molecule has 2 aromatic heterocycles. The van der Waals surface area contributed by atoms with Gasteiger partial charge in [0.1, 0.15) is 11.9 Å². The molecule has 0 aliphatic carbocycles. The normalized spacial score (nSPS) is 20.6. The number of nitrogens with one attached hydrogen (secondary N) is 1. The van der Waals surface area contributed by atoms with Crippen molar-refractivity contribution in [1.82, 2.24) is 25.1 Å². The second kappa shape index (κ2) is 6.87. The summed E-state index contributed by atoms with van der Waals surface area (Å²) in [5, 5.41) is 10.7. The minimum atomic E-state index is -0.132. The van der Waals surface area contributed by atoms with Gasteiger partial charge in [0, 0.05) is 38.0 Å². The molecule has 0 radical (unpaired) electrons. The van der Waals surface area contributed by atoms with Crippen LogP contribution in [0.25, 0.3) is 0 Å². The molecule has 7 heteroatoms. The smallest absolute Gasteiger partial charge is 0.252 e. The van der Waals surface area contributed by atoms with Crippen molar-refractivity contribution >= 4 is 5.91 Å². The lowest BCUT2D eigenvalue weighted by atomic mass is 10.0. The fraction of sp³-hybridized carbons (Fsp3) is 0.500. The number of hydrogen-bond acceptors (Lipinski definition) is 5. The van der Waals surface area contributed by atoms with Crippen LogP contribution in [0.1, 0.15) is 41.3 Å². The molecule has 0 spiro atoms. The van der Waals surface area contributed by atoms with E-state index >= 15 is 0 Å². The fourth-order valence-electron chi connectivity index (χ4n) is 2.90. The van der Waals surface area contributed by atoms with Gasteiger partial charge in [-0.1, -0.05) is 0 Å². The van der Waals surface area contributed by atoms with Crippen molar-refractivity contribution in [3.8, 4) is 0 Å². The number of hydrogen-bond donors (Lipinski definition) is 1. The van der Waals surface area contributed by atoms with E-state index < -0.39 is 0 Å². The van der Waals surface area contributed by atoms with Crippen molar-refractivity contribution in [3.63, 3.8) is 0 Å². The molecule has 122 valence electrons. The number of imidazole rings is 1. The Kier molecular flexibility index (Phi) is 4.66. The number of rotatable bonds is 5. The molecular formula is C16H21N5O2. The minimum Gasteiger partial charge on any atom is -0.370 e. The molecule has 1 N–H and O–H groups in total. The second-order valence-corrected chi connectivity index (χ2v) is 5.71. The molecule has 1 aliphatic heterocycles. The highest BCUT2D eigenvalue weighted by molar-refractivity contribution is 5.93. The maximum Gasteiger partial charge on any atom is 0.252 e. The minimum absolute atomic E-state index is 0.0671. The predicted molar refractivity (Wildman–Crippen MR) is 83.8 cm³/mol. The van der Waals surface area contributed by atoms with E-state index in [1.807, 2.05) is 13.1 Å². The molecule has 1 fully saturated rings. The van der Waals surface area contributed by atoms with Crippen LogP contribution in [0, 0.1) is 12.8 Å². The van der Waals surface area contributed by atoms with Crippen LogP contribution in [0.5, 0.6) is 0 Å². The van der Waals surface area contributed by atoms with E-state index in [1.54, 1.807) is 12.3 Å². The first-order valence-electron chi connectivity index (χ1n) is 7.89. The Morgan fingerprint density at radius 2 is 2.39 bits per heavy atom. The molecule has 1 amide bonds. The van der Waals surface area contributed by atoms with Gasteiger partial charge in [-0.05, 0) is 26.3 Å². The van der Waals surface area contributed by atoms with Crippen LogP contribution >= 0.6 is 0 Å². The summed E-state index contributed by atoms with van der Waals surface area (Å²) in [6, 6.07) is 1.73. The summed E-state index contributed by atoms with van der Waals surface area (Å²) in [5.74, 6) is 1.03. The van der Waals surface area contributed by atoms with Gasteiger partial charge >= 0.3 is 0 Å². The first-order valence-corrected chi connectivity index (χ1v) is 7.89. The van der Waals surface area contributed by atoms with Gasteiger partial charge in [0.2, 0.25) is 0 Å². The van der Waals surface area contributed by atoms with Crippen molar-refractivity contribution in [2.24, 2.45) is 5.92 Å². The standard InChI is InChI=1S/C16H21N5O2/c1-3-21-6-5-17-15(21)14-12(4-7-23-14)9-18-16(22)13-8-11(2)20-19-10-13/h5-6,8,10,12,14H,3-4,7,9H2,1-2H3,(H,18,22)/t12-,14+/m0/s1. The van der Waals surface area contributed by atoms with E-state index in [0.717, 1.165) is 24.5 Å². The Hall–Kier alpha value is -2.28. The molecule has 2 atom stereocenters. The van der Waals surface area contributed by atoms with E-state index in [0.29, 0.717) is 18.7 Å². The lowest BCUT2D eigenvalue weighted by Crippen LogP contribution is -2.31. The molecule has 0 bridgehead atoms. The molecule has 23 heavy (non-hydrogen) atoms. The monoisotopic (exact) mass is 315 g/mol. The highest BCUT2D eigenvalue weighted by atomic mass is 16.5. The Labute approximate surface area is 135 Å². The first-order chi connectivity index (χ1) is 11.2. The van der Waals surface area contributed by atoms with Gasteiger partial charge in [-0.25, -0.2) is 4.98 Å². The van der Waals surface area contributed by atoms with Gasteiger partial charge in [0.05, 0.1) is 17.5 Å². The maximum absolute atomic E-state index is 12.2. The zero-order valence-corrected chi connectivity index (χ0v) is 13.4. The second-order valence-electron chi connectivity index (χ2n) is 5.71. The number of amides is 1. The summed E-state index contributed by atoms with van der Waals surface area (Å²) >= 11 is 0. The van der Waals surface area contributed by atoms with Crippen molar-refractivity contribution in [2.45, 2.75) is 32.9 Å². The molecule has 1 aliphatic rings. The lowest BCUT2D eigenvalue weighted by Gasteiger charge is -2.19. The molecule has 1 saturated heterocycles. The van der Waals surface area contributed by atoms with Crippen LogP contribution < -0.4 is 5.32 Å². The van der Waals surface area contributed by atoms with Crippen LogP contribution in [0.3, 0.4) is 0 Å². The molecule has 0 saturated carbocycles. The number of ether oxygens (including phenoxy) is 1. The van der Waals surface area contributed by atoms with Crippen molar-refractivity contribution < 1.29 is 9.53 Å². The average Bonchev–Trinajstić information content (AvgIpc) is 3.20. The molecule has 7 nitrogen and oxygen atoms in total. The fourth-order valence-corrected chi connectivity index (χ4v) is 2.90. The molecule has 0 unspecified atom stereocenters. The van der Waals surface area contributed by atoms with E-state index in [4.69, 9.17) is 4.74 Å². The zero-order valence-electron chi connectivity index (χ0n) is 13.4. The number of nitrogens with zero attached hydrogens (tertiary/aromatic N) is 4. The topological polar surface area (TPSA) is 81.9 Å². The number of aryl methyl sites for hydroxylation is 2. The van der Waals surface area contributed by atoms with Gasteiger partial charge < -0.3 is 14.6 Å². The molecule has 3 rings (SSSR count). The Balaban J connectivity index is 1.64. The molecule has 0 aromatic carbocycles. The van der Waals surface area contributed by atoms with Crippen LogP contribution in [-0.4, -0.2) is 38.8 Å². The maximum atomic E-state index is 12.2. The van der Waals surface area contributed by atoms with Crippen molar-refractivity contribution in [2.75, 3.05) is 13.2 Å². The Morgan fingerprint density at radius 3 is 3.17 bits per heavy atom. The van der Waals surface area contributed by atoms with Gasteiger partial charge in [-0.2, -0.15) is 10.2 Å². The van der Waals surface area contributed by atoms with E-state index in [1.165, 1.54) is 6.20 Å².